The van der Waals surface area contributed by atoms with Crippen LogP contribution in [0.3, 0.4) is 0 Å². The van der Waals surface area contributed by atoms with E-state index in [2.05, 4.69) is 34.1 Å². The molecule has 0 bridgehead atoms. The first kappa shape index (κ1) is 23.3. The summed E-state index contributed by atoms with van der Waals surface area (Å²) in [6, 6.07) is 22.6. The van der Waals surface area contributed by atoms with Crippen LogP contribution in [0.5, 0.6) is 0 Å². The predicted octanol–water partition coefficient (Wildman–Crippen LogP) is 4.97. The first-order valence-corrected chi connectivity index (χ1v) is 13.4. The Morgan fingerprint density at radius 1 is 1.00 bits per heavy atom. The van der Waals surface area contributed by atoms with E-state index in [0.717, 1.165) is 23.9 Å². The van der Waals surface area contributed by atoms with Gasteiger partial charge in [0.2, 0.25) is 10.0 Å². The number of benzene rings is 3. The van der Waals surface area contributed by atoms with Crippen molar-refractivity contribution in [3.63, 3.8) is 0 Å². The fourth-order valence-corrected chi connectivity index (χ4v) is 6.17. The molecule has 1 fully saturated rings. The summed E-state index contributed by atoms with van der Waals surface area (Å²) >= 11 is 0. The number of carbonyl (C=O) groups excluding carboxylic acids is 1. The quantitative estimate of drug-likeness (QED) is 0.403. The lowest BCUT2D eigenvalue weighted by Crippen LogP contribution is -2.38. The van der Waals surface area contributed by atoms with Crippen LogP contribution >= 0.6 is 0 Å². The number of aromatic nitrogens is 1. The number of amides is 1. The maximum absolute atomic E-state index is 13.3. The van der Waals surface area contributed by atoms with Gasteiger partial charge in [0.1, 0.15) is 0 Å². The molecule has 0 aliphatic carbocycles. The highest BCUT2D eigenvalue weighted by Gasteiger charge is 2.27. The summed E-state index contributed by atoms with van der Waals surface area (Å²) in [5.41, 5.74) is 4.33. The van der Waals surface area contributed by atoms with Crippen molar-refractivity contribution in [2.75, 3.05) is 13.1 Å². The Kier molecular flexibility index (Phi) is 6.45. The largest absolute Gasteiger partial charge is 0.361 e. The molecule has 0 saturated carbocycles. The van der Waals surface area contributed by atoms with Crippen molar-refractivity contribution >= 4 is 26.8 Å². The SMILES string of the molecule is Cc1ccc(C(=O)N2CCC(c3c[nH]c4ccccc34)CC2)cc1S(=O)(=O)NCc1ccccc1. The van der Waals surface area contributed by atoms with Crippen molar-refractivity contribution < 1.29 is 13.2 Å². The number of nitrogens with zero attached hydrogens (tertiary/aromatic N) is 1. The van der Waals surface area contributed by atoms with Crippen molar-refractivity contribution in [3.8, 4) is 0 Å². The molecule has 2 N–H and O–H groups in total. The fourth-order valence-electron chi connectivity index (χ4n) is 4.88. The number of aromatic amines is 1. The topological polar surface area (TPSA) is 82.3 Å². The van der Waals surface area contributed by atoms with E-state index in [1.165, 1.54) is 17.0 Å². The van der Waals surface area contributed by atoms with E-state index < -0.39 is 10.0 Å². The van der Waals surface area contributed by atoms with E-state index in [4.69, 9.17) is 0 Å². The third kappa shape index (κ3) is 4.88. The van der Waals surface area contributed by atoms with Gasteiger partial charge in [0.25, 0.3) is 5.91 Å². The Labute approximate surface area is 206 Å². The van der Waals surface area contributed by atoms with Crippen molar-refractivity contribution in [2.45, 2.75) is 37.1 Å². The molecule has 1 aromatic heterocycles. The lowest BCUT2D eigenvalue weighted by molar-refractivity contribution is 0.0713. The average Bonchev–Trinajstić information content (AvgIpc) is 3.32. The molecular weight excluding hydrogens is 458 g/mol. The van der Waals surface area contributed by atoms with E-state index in [0.29, 0.717) is 30.1 Å². The molecule has 180 valence electrons. The van der Waals surface area contributed by atoms with Crippen LogP contribution in [-0.2, 0) is 16.6 Å². The second-order valence-corrected chi connectivity index (χ2v) is 10.9. The predicted molar refractivity (Wildman–Crippen MR) is 138 cm³/mol. The number of hydrogen-bond donors (Lipinski definition) is 2. The number of fused-ring (bicyclic) bond motifs is 1. The number of H-pyrrole nitrogens is 1. The molecule has 7 heteroatoms. The van der Waals surface area contributed by atoms with Gasteiger partial charge >= 0.3 is 0 Å². The van der Waals surface area contributed by atoms with E-state index in [-0.39, 0.29) is 17.3 Å². The summed E-state index contributed by atoms with van der Waals surface area (Å²) in [4.78, 5) is 18.6. The van der Waals surface area contributed by atoms with Gasteiger partial charge in [-0.25, -0.2) is 13.1 Å². The number of carbonyl (C=O) groups is 1. The average molecular weight is 488 g/mol. The minimum Gasteiger partial charge on any atom is -0.361 e. The van der Waals surface area contributed by atoms with Crippen LogP contribution in [0.2, 0.25) is 0 Å². The van der Waals surface area contributed by atoms with E-state index in [1.54, 1.807) is 19.1 Å². The molecule has 0 radical (unpaired) electrons. The van der Waals surface area contributed by atoms with Gasteiger partial charge in [-0.05, 0) is 60.6 Å². The third-order valence-corrected chi connectivity index (χ3v) is 8.42. The normalized spacial score (nSPS) is 14.9. The molecule has 4 aromatic rings. The second kappa shape index (κ2) is 9.68. The number of likely N-dealkylation sites (tertiary alicyclic amines) is 1. The van der Waals surface area contributed by atoms with Crippen LogP contribution in [0, 0.1) is 6.92 Å². The number of para-hydroxylation sites is 1. The maximum atomic E-state index is 13.3. The second-order valence-electron chi connectivity index (χ2n) is 9.15. The highest BCUT2D eigenvalue weighted by molar-refractivity contribution is 7.89. The first-order valence-electron chi connectivity index (χ1n) is 11.9. The molecule has 6 nitrogen and oxygen atoms in total. The molecule has 1 aliphatic rings. The Balaban J connectivity index is 1.28. The van der Waals surface area contributed by atoms with Crippen LogP contribution in [0.15, 0.2) is 83.9 Å². The number of rotatable bonds is 6. The standard InChI is InChI=1S/C28H29N3O3S/c1-20-11-12-23(17-27(20)35(33,34)30-18-21-7-3-2-4-8-21)28(32)31-15-13-22(14-16-31)25-19-29-26-10-6-5-9-24(25)26/h2-12,17,19,22,29-30H,13-16,18H2,1H3. The molecule has 1 saturated heterocycles. The molecular formula is C28H29N3O3S. The van der Waals surface area contributed by atoms with Crippen LogP contribution in [0.4, 0.5) is 0 Å². The van der Waals surface area contributed by atoms with Gasteiger partial charge < -0.3 is 9.88 Å². The van der Waals surface area contributed by atoms with E-state index >= 15 is 0 Å². The Bertz CT molecular complexity index is 1450. The van der Waals surface area contributed by atoms with Gasteiger partial charge in [0.05, 0.1) is 4.90 Å². The summed E-state index contributed by atoms with van der Waals surface area (Å²) in [7, 11) is -3.76. The molecule has 0 spiro atoms. The molecule has 1 amide bonds. The highest BCUT2D eigenvalue weighted by atomic mass is 32.2. The monoisotopic (exact) mass is 487 g/mol. The molecule has 1 aliphatic heterocycles. The Hall–Kier alpha value is -3.42. The summed E-state index contributed by atoms with van der Waals surface area (Å²) in [6.45, 7) is 3.23. The minimum atomic E-state index is -3.76. The Morgan fingerprint density at radius 3 is 2.49 bits per heavy atom. The molecule has 3 aromatic carbocycles. The zero-order valence-electron chi connectivity index (χ0n) is 19.7. The number of sulfonamides is 1. The summed E-state index contributed by atoms with van der Waals surface area (Å²) in [6.07, 6.45) is 3.85. The van der Waals surface area contributed by atoms with Crippen molar-refractivity contribution in [1.29, 1.82) is 0 Å². The number of nitrogens with one attached hydrogen (secondary N) is 2. The fraction of sp³-hybridized carbons (Fsp3) is 0.250. The summed E-state index contributed by atoms with van der Waals surface area (Å²) in [5.74, 6) is 0.272. The highest BCUT2D eigenvalue weighted by Crippen LogP contribution is 2.33. The van der Waals surface area contributed by atoms with Gasteiger partial charge in [-0.1, -0.05) is 54.6 Å². The van der Waals surface area contributed by atoms with Gasteiger partial charge in [0, 0.05) is 42.3 Å². The number of aryl methyl sites for hydroxylation is 1. The van der Waals surface area contributed by atoms with E-state index in [1.807, 2.05) is 41.3 Å². The molecule has 35 heavy (non-hydrogen) atoms. The third-order valence-electron chi connectivity index (χ3n) is 6.88. The van der Waals surface area contributed by atoms with Crippen molar-refractivity contribution in [1.82, 2.24) is 14.6 Å². The lowest BCUT2D eigenvalue weighted by Gasteiger charge is -2.32. The van der Waals surface area contributed by atoms with E-state index in [9.17, 15) is 13.2 Å². The zero-order valence-corrected chi connectivity index (χ0v) is 20.5. The van der Waals surface area contributed by atoms with Crippen molar-refractivity contribution in [3.05, 3.63) is 101 Å². The molecule has 2 heterocycles. The maximum Gasteiger partial charge on any atom is 0.253 e. The number of hydrogen-bond acceptors (Lipinski definition) is 3. The van der Waals surface area contributed by atoms with Gasteiger partial charge in [-0.15, -0.1) is 0 Å². The number of piperidine rings is 1. The van der Waals surface area contributed by atoms with Gasteiger partial charge in [-0.3, -0.25) is 4.79 Å². The van der Waals surface area contributed by atoms with Gasteiger partial charge in [0.15, 0.2) is 0 Å². The Morgan fingerprint density at radius 2 is 1.71 bits per heavy atom. The molecule has 5 rings (SSSR count). The van der Waals surface area contributed by atoms with Crippen LogP contribution in [0.1, 0.15) is 45.8 Å². The van der Waals surface area contributed by atoms with Crippen LogP contribution in [-0.4, -0.2) is 37.3 Å². The van der Waals surface area contributed by atoms with Crippen molar-refractivity contribution in [2.24, 2.45) is 0 Å². The minimum absolute atomic E-state index is 0.123. The summed E-state index contributed by atoms with van der Waals surface area (Å²) in [5, 5.41) is 1.24. The molecule has 0 unspecified atom stereocenters. The van der Waals surface area contributed by atoms with Crippen LogP contribution < -0.4 is 4.72 Å². The zero-order chi connectivity index (χ0) is 24.4. The first-order chi connectivity index (χ1) is 16.9. The molecule has 0 atom stereocenters. The van der Waals surface area contributed by atoms with Crippen LogP contribution in [0.25, 0.3) is 10.9 Å². The summed E-state index contributed by atoms with van der Waals surface area (Å²) < 4.78 is 28.7. The lowest BCUT2D eigenvalue weighted by atomic mass is 9.89. The van der Waals surface area contributed by atoms with Gasteiger partial charge in [-0.2, -0.15) is 0 Å². The smallest absolute Gasteiger partial charge is 0.253 e.